The highest BCUT2D eigenvalue weighted by Gasteiger charge is 2.50. The van der Waals surface area contributed by atoms with Crippen molar-refractivity contribution < 1.29 is 24.0 Å². The number of hydrogen-bond donors (Lipinski definition) is 2. The molecule has 21 heavy (non-hydrogen) atoms. The van der Waals surface area contributed by atoms with E-state index in [1.165, 1.54) is 6.92 Å². The lowest BCUT2D eigenvalue weighted by atomic mass is 10.1. The number of nitrogens with one attached hydrogen (secondary N) is 1. The van der Waals surface area contributed by atoms with E-state index in [1.807, 2.05) is 0 Å². The van der Waals surface area contributed by atoms with Crippen molar-refractivity contribution in [3.8, 4) is 0 Å². The fourth-order valence-electron chi connectivity index (χ4n) is 1.98. The number of carbonyl (C=O) groups is 2. The Labute approximate surface area is 118 Å². The molecule has 1 fully saturated rings. The predicted octanol–water partition coefficient (Wildman–Crippen LogP) is 1.64. The van der Waals surface area contributed by atoms with Crippen LogP contribution in [-0.4, -0.2) is 28.5 Å². The third-order valence-corrected chi connectivity index (χ3v) is 3.59. The summed E-state index contributed by atoms with van der Waals surface area (Å²) in [4.78, 5) is 32.9. The number of halogens is 1. The van der Waals surface area contributed by atoms with Crippen molar-refractivity contribution in [2.75, 3.05) is 6.54 Å². The van der Waals surface area contributed by atoms with E-state index in [0.717, 1.165) is 12.1 Å². The van der Waals surface area contributed by atoms with Gasteiger partial charge in [0, 0.05) is 18.7 Å². The average molecular weight is 296 g/mol. The first-order valence-corrected chi connectivity index (χ1v) is 6.23. The lowest BCUT2D eigenvalue weighted by molar-refractivity contribution is -0.385. The average Bonchev–Trinajstić information content (AvgIpc) is 3.20. The molecule has 1 saturated carbocycles. The number of benzene rings is 1. The van der Waals surface area contributed by atoms with Gasteiger partial charge in [-0.15, -0.1) is 0 Å². The molecule has 0 heterocycles. The monoisotopic (exact) mass is 296 g/mol. The van der Waals surface area contributed by atoms with Gasteiger partial charge in [-0.2, -0.15) is 0 Å². The van der Waals surface area contributed by atoms with Gasteiger partial charge in [0.25, 0.3) is 11.6 Å². The third-order valence-electron chi connectivity index (χ3n) is 3.59. The van der Waals surface area contributed by atoms with Gasteiger partial charge in [0.2, 0.25) is 0 Å². The lowest BCUT2D eigenvalue weighted by Gasteiger charge is -2.12. The second-order valence-corrected chi connectivity index (χ2v) is 5.15. The molecule has 0 bridgehead atoms. The number of rotatable bonds is 5. The molecule has 7 nitrogen and oxygen atoms in total. The van der Waals surface area contributed by atoms with Crippen molar-refractivity contribution in [3.05, 3.63) is 39.2 Å². The van der Waals surface area contributed by atoms with Crippen LogP contribution in [0.1, 0.15) is 28.8 Å². The van der Waals surface area contributed by atoms with Crippen LogP contribution in [0.3, 0.4) is 0 Å². The Balaban J connectivity index is 2.19. The Kier molecular flexibility index (Phi) is 3.63. The maximum atomic E-state index is 13.9. The minimum Gasteiger partial charge on any atom is -0.481 e. The zero-order valence-electron chi connectivity index (χ0n) is 11.2. The van der Waals surface area contributed by atoms with Crippen LogP contribution in [0.5, 0.6) is 0 Å². The molecule has 0 saturated heterocycles. The summed E-state index contributed by atoms with van der Waals surface area (Å²) in [6.45, 7) is 1.20. The first-order valence-electron chi connectivity index (χ1n) is 6.23. The number of carboxylic acid groups (broad SMARTS) is 1. The summed E-state index contributed by atoms with van der Waals surface area (Å²) >= 11 is 0. The Morgan fingerprint density at radius 2 is 2.10 bits per heavy atom. The van der Waals surface area contributed by atoms with Crippen LogP contribution in [0, 0.1) is 28.3 Å². The molecule has 2 rings (SSSR count). The molecular formula is C13H13FN2O5. The van der Waals surface area contributed by atoms with Crippen molar-refractivity contribution in [1.82, 2.24) is 5.32 Å². The fourth-order valence-corrected chi connectivity index (χ4v) is 1.98. The zero-order valence-corrected chi connectivity index (χ0v) is 11.2. The summed E-state index contributed by atoms with van der Waals surface area (Å²) < 4.78 is 13.9. The van der Waals surface area contributed by atoms with Crippen LogP contribution in [0.4, 0.5) is 10.1 Å². The van der Waals surface area contributed by atoms with Crippen LogP contribution in [0.25, 0.3) is 0 Å². The van der Waals surface area contributed by atoms with Gasteiger partial charge < -0.3 is 10.4 Å². The fraction of sp³-hybridized carbons (Fsp3) is 0.385. The molecule has 2 N–H and O–H groups in total. The maximum absolute atomic E-state index is 13.9. The molecule has 0 atom stereocenters. The van der Waals surface area contributed by atoms with E-state index in [9.17, 15) is 24.1 Å². The van der Waals surface area contributed by atoms with E-state index in [-0.39, 0.29) is 12.1 Å². The van der Waals surface area contributed by atoms with E-state index >= 15 is 0 Å². The van der Waals surface area contributed by atoms with Gasteiger partial charge in [-0.25, -0.2) is 4.39 Å². The molecule has 1 aliphatic rings. The van der Waals surface area contributed by atoms with E-state index < -0.39 is 39.3 Å². The van der Waals surface area contributed by atoms with Gasteiger partial charge in [-0.1, -0.05) is 0 Å². The standard InChI is InChI=1S/C13H13FN2O5/c1-7-4-8(16(20)21)5-9(10(7)14)11(17)15-6-13(2-3-13)12(18)19/h4-5H,2-3,6H2,1H3,(H,15,17)(H,18,19). The quantitative estimate of drug-likeness (QED) is 0.634. The zero-order chi connectivity index (χ0) is 15.8. The number of hydrogen-bond acceptors (Lipinski definition) is 4. The SMILES string of the molecule is Cc1cc([N+](=O)[O-])cc(C(=O)NCC2(C(=O)O)CC2)c1F. The number of amides is 1. The van der Waals surface area contributed by atoms with Gasteiger partial charge >= 0.3 is 5.97 Å². The molecule has 1 aliphatic carbocycles. The molecule has 0 spiro atoms. The number of carboxylic acids is 1. The molecule has 0 aliphatic heterocycles. The molecule has 1 amide bonds. The van der Waals surface area contributed by atoms with Crippen LogP contribution in [0.15, 0.2) is 12.1 Å². The molecule has 8 heteroatoms. The van der Waals surface area contributed by atoms with Crippen molar-refractivity contribution in [2.24, 2.45) is 5.41 Å². The number of carbonyl (C=O) groups excluding carboxylic acids is 1. The number of aliphatic carboxylic acids is 1. The van der Waals surface area contributed by atoms with Crippen LogP contribution in [-0.2, 0) is 4.79 Å². The summed E-state index contributed by atoms with van der Waals surface area (Å²) in [6, 6.07) is 1.88. The second kappa shape index (κ2) is 5.12. The first-order chi connectivity index (χ1) is 9.77. The lowest BCUT2D eigenvalue weighted by Crippen LogP contribution is -2.34. The van der Waals surface area contributed by atoms with E-state index in [4.69, 9.17) is 5.11 Å². The highest BCUT2D eigenvalue weighted by Crippen LogP contribution is 2.45. The maximum Gasteiger partial charge on any atom is 0.311 e. The minimum absolute atomic E-state index is 0.0197. The Morgan fingerprint density at radius 3 is 2.57 bits per heavy atom. The second-order valence-electron chi connectivity index (χ2n) is 5.15. The van der Waals surface area contributed by atoms with Gasteiger partial charge in [0.05, 0.1) is 15.9 Å². The number of nitro groups is 1. The highest BCUT2D eigenvalue weighted by atomic mass is 19.1. The van der Waals surface area contributed by atoms with Crippen LogP contribution >= 0.6 is 0 Å². The predicted molar refractivity (Wildman–Crippen MR) is 69.4 cm³/mol. The Morgan fingerprint density at radius 1 is 1.48 bits per heavy atom. The first kappa shape index (κ1) is 14.9. The summed E-state index contributed by atoms with van der Waals surface area (Å²) in [5.41, 5.74) is -1.85. The van der Waals surface area contributed by atoms with Gasteiger partial charge in [-0.3, -0.25) is 19.7 Å². The van der Waals surface area contributed by atoms with E-state index in [0.29, 0.717) is 12.8 Å². The van der Waals surface area contributed by atoms with Crippen molar-refractivity contribution in [3.63, 3.8) is 0 Å². The number of non-ortho nitro benzene ring substituents is 1. The largest absolute Gasteiger partial charge is 0.481 e. The molecular weight excluding hydrogens is 283 g/mol. The van der Waals surface area contributed by atoms with Crippen molar-refractivity contribution >= 4 is 17.6 Å². The molecule has 112 valence electrons. The van der Waals surface area contributed by atoms with Gasteiger partial charge in [0.15, 0.2) is 0 Å². The van der Waals surface area contributed by atoms with Crippen molar-refractivity contribution in [1.29, 1.82) is 0 Å². The van der Waals surface area contributed by atoms with Gasteiger partial charge in [0.1, 0.15) is 5.82 Å². The van der Waals surface area contributed by atoms with Crippen molar-refractivity contribution in [2.45, 2.75) is 19.8 Å². The molecule has 1 aromatic carbocycles. The summed E-state index contributed by atoms with van der Waals surface area (Å²) in [7, 11) is 0. The smallest absolute Gasteiger partial charge is 0.311 e. The number of aryl methyl sites for hydroxylation is 1. The number of nitro benzene ring substituents is 1. The van der Waals surface area contributed by atoms with Crippen LogP contribution < -0.4 is 5.32 Å². The highest BCUT2D eigenvalue weighted by molar-refractivity contribution is 5.95. The topological polar surface area (TPSA) is 110 Å². The van der Waals surface area contributed by atoms with Crippen LogP contribution in [0.2, 0.25) is 0 Å². The Hall–Kier alpha value is -2.51. The minimum atomic E-state index is -1.02. The number of nitrogens with zero attached hydrogens (tertiary/aromatic N) is 1. The third kappa shape index (κ3) is 2.83. The van der Waals surface area contributed by atoms with E-state index in [2.05, 4.69) is 5.32 Å². The molecule has 0 aromatic heterocycles. The summed E-state index contributed by atoms with van der Waals surface area (Å²) in [5.74, 6) is -2.72. The molecule has 0 unspecified atom stereocenters. The summed E-state index contributed by atoms with van der Waals surface area (Å²) in [5, 5.41) is 22.1. The Bertz CT molecular complexity index is 640. The van der Waals surface area contributed by atoms with Gasteiger partial charge in [-0.05, 0) is 25.3 Å². The normalized spacial score (nSPS) is 15.3. The summed E-state index contributed by atoms with van der Waals surface area (Å²) in [6.07, 6.45) is 0.887. The molecule has 0 radical (unpaired) electrons. The van der Waals surface area contributed by atoms with E-state index in [1.54, 1.807) is 0 Å². The molecule has 1 aromatic rings.